The number of fused-ring (bicyclic) bond motifs is 1. The van der Waals surface area contributed by atoms with Gasteiger partial charge in [-0.15, -0.1) is 11.3 Å². The second-order valence-corrected chi connectivity index (χ2v) is 8.20. The van der Waals surface area contributed by atoms with Gasteiger partial charge in [0.05, 0.1) is 0 Å². The Kier molecular flexibility index (Phi) is 6.04. The molecular weight excluding hydrogens is 356 g/mol. The van der Waals surface area contributed by atoms with Gasteiger partial charge in [-0.2, -0.15) is 0 Å². The van der Waals surface area contributed by atoms with Crippen LogP contribution < -0.4 is 11.3 Å². The molecule has 0 spiro atoms. The topological polar surface area (TPSA) is 72.2 Å². The molecule has 0 bridgehead atoms. The van der Waals surface area contributed by atoms with Gasteiger partial charge in [-0.3, -0.25) is 15.0 Å². The highest BCUT2D eigenvalue weighted by Crippen LogP contribution is 2.28. The van der Waals surface area contributed by atoms with Gasteiger partial charge in [-0.1, -0.05) is 44.2 Å². The van der Waals surface area contributed by atoms with Crippen molar-refractivity contribution in [2.45, 2.75) is 39.0 Å². The number of nitrogens with two attached hydrogens (primary N) is 1. The van der Waals surface area contributed by atoms with Crippen molar-refractivity contribution in [1.82, 2.24) is 5.43 Å². The summed E-state index contributed by atoms with van der Waals surface area (Å²) in [6, 6.07) is 16.1. The Morgan fingerprint density at radius 3 is 2.48 bits per heavy atom. The van der Waals surface area contributed by atoms with Crippen LogP contribution in [0.5, 0.6) is 0 Å². The van der Waals surface area contributed by atoms with Crippen LogP contribution in [0.4, 0.5) is 0 Å². The van der Waals surface area contributed by atoms with E-state index in [1.165, 1.54) is 5.56 Å². The Labute approximate surface area is 163 Å². The summed E-state index contributed by atoms with van der Waals surface area (Å²) in [5.41, 5.74) is 5.14. The van der Waals surface area contributed by atoms with Crippen molar-refractivity contribution >= 4 is 33.1 Å². The third-order valence-electron chi connectivity index (χ3n) is 4.66. The van der Waals surface area contributed by atoms with Gasteiger partial charge in [0.25, 0.3) is 0 Å². The molecule has 140 valence electrons. The van der Waals surface area contributed by atoms with Crippen molar-refractivity contribution < 1.29 is 9.59 Å². The lowest BCUT2D eigenvalue weighted by Crippen LogP contribution is -2.29. The van der Waals surface area contributed by atoms with Gasteiger partial charge in [0.1, 0.15) is 0 Å². The maximum absolute atomic E-state index is 12.6. The molecule has 0 saturated carbocycles. The minimum Gasteiger partial charge on any atom is -0.294 e. The number of carbonyl (C=O) groups is 2. The maximum atomic E-state index is 12.6. The smallest absolute Gasteiger partial charge is 0.234 e. The average Bonchev–Trinajstić information content (AvgIpc) is 3.08. The third kappa shape index (κ3) is 4.81. The lowest BCUT2D eigenvalue weighted by atomic mass is 9.98. The molecule has 0 fully saturated rings. The summed E-state index contributed by atoms with van der Waals surface area (Å²) in [5.74, 6) is 5.54. The van der Waals surface area contributed by atoms with E-state index in [-0.39, 0.29) is 11.7 Å². The molecule has 0 atom stereocenters. The number of benzene rings is 2. The normalized spacial score (nSPS) is 11.1. The van der Waals surface area contributed by atoms with Crippen LogP contribution in [-0.4, -0.2) is 11.7 Å². The zero-order valence-corrected chi connectivity index (χ0v) is 16.4. The van der Waals surface area contributed by atoms with Gasteiger partial charge in [0.2, 0.25) is 5.91 Å². The van der Waals surface area contributed by atoms with Crippen molar-refractivity contribution in [2.24, 2.45) is 5.84 Å². The predicted molar refractivity (Wildman–Crippen MR) is 111 cm³/mol. The van der Waals surface area contributed by atoms with Crippen molar-refractivity contribution in [3.05, 3.63) is 70.1 Å². The molecule has 3 rings (SSSR count). The first-order valence-corrected chi connectivity index (χ1v) is 9.92. The third-order valence-corrected chi connectivity index (χ3v) is 5.83. The summed E-state index contributed by atoms with van der Waals surface area (Å²) in [6.07, 6.45) is 1.43. The highest BCUT2D eigenvalue weighted by molar-refractivity contribution is 7.19. The van der Waals surface area contributed by atoms with E-state index >= 15 is 0 Å². The van der Waals surface area contributed by atoms with Gasteiger partial charge in [0, 0.05) is 28.0 Å². The van der Waals surface area contributed by atoms with E-state index in [1.54, 1.807) is 11.3 Å². The molecule has 0 radical (unpaired) electrons. The molecule has 3 aromatic rings. The molecule has 1 aromatic heterocycles. The van der Waals surface area contributed by atoms with Crippen molar-refractivity contribution in [1.29, 1.82) is 0 Å². The van der Waals surface area contributed by atoms with Crippen LogP contribution in [0.25, 0.3) is 10.1 Å². The van der Waals surface area contributed by atoms with Crippen LogP contribution in [0.2, 0.25) is 0 Å². The van der Waals surface area contributed by atoms with Crippen LogP contribution in [-0.2, 0) is 17.6 Å². The monoisotopic (exact) mass is 380 g/mol. The fraction of sp³-hybridized carbons (Fsp3) is 0.273. The van der Waals surface area contributed by atoms with Gasteiger partial charge in [-0.05, 0) is 47.1 Å². The van der Waals surface area contributed by atoms with Crippen LogP contribution in [0.3, 0.4) is 0 Å². The van der Waals surface area contributed by atoms with E-state index in [0.29, 0.717) is 25.2 Å². The summed E-state index contributed by atoms with van der Waals surface area (Å²) in [4.78, 5) is 25.0. The number of rotatable bonds is 7. The molecule has 1 heterocycles. The minimum absolute atomic E-state index is 0.125. The summed E-state index contributed by atoms with van der Waals surface area (Å²) in [6.45, 7) is 4.28. The Morgan fingerprint density at radius 2 is 1.81 bits per heavy atom. The number of aryl methyl sites for hydroxylation is 1. The average molecular weight is 381 g/mol. The van der Waals surface area contributed by atoms with E-state index in [1.807, 2.05) is 30.3 Å². The number of ketones is 1. The first kappa shape index (κ1) is 19.3. The molecule has 1 amide bonds. The number of hydrazine groups is 1. The van der Waals surface area contributed by atoms with Crippen LogP contribution in [0.1, 0.15) is 52.5 Å². The van der Waals surface area contributed by atoms with Gasteiger partial charge in [-0.25, -0.2) is 5.84 Å². The second kappa shape index (κ2) is 8.46. The number of nitrogens with one attached hydrogen (secondary N) is 1. The molecular formula is C22H24N2O2S. The number of thiophene rings is 1. The van der Waals surface area contributed by atoms with Gasteiger partial charge >= 0.3 is 0 Å². The van der Waals surface area contributed by atoms with Gasteiger partial charge < -0.3 is 0 Å². The standard InChI is InChI=1S/C22H24N2O2S/c1-14(2)16-4-6-17(7-5-16)20(25)12-15-3-9-21-18(11-15)13-19(27-21)8-10-22(26)24-23/h3-7,9,11,13-14H,8,10,12,23H2,1-2H3,(H,24,26). The molecule has 4 nitrogen and oxygen atoms in total. The van der Waals surface area contributed by atoms with Crippen molar-refractivity contribution in [2.75, 3.05) is 0 Å². The SMILES string of the molecule is CC(C)c1ccc(C(=O)Cc2ccc3sc(CCC(=O)NN)cc3c2)cc1. The molecule has 0 aliphatic carbocycles. The fourth-order valence-electron chi connectivity index (χ4n) is 3.03. The summed E-state index contributed by atoms with van der Waals surface area (Å²) >= 11 is 1.67. The minimum atomic E-state index is -0.165. The summed E-state index contributed by atoms with van der Waals surface area (Å²) in [5, 5.41) is 1.11. The van der Waals surface area contributed by atoms with E-state index in [4.69, 9.17) is 5.84 Å². The lowest BCUT2D eigenvalue weighted by Gasteiger charge is -2.06. The van der Waals surface area contributed by atoms with E-state index in [2.05, 4.69) is 37.5 Å². The number of amides is 1. The molecule has 27 heavy (non-hydrogen) atoms. The second-order valence-electron chi connectivity index (χ2n) is 7.03. The highest BCUT2D eigenvalue weighted by Gasteiger charge is 2.10. The number of hydrogen-bond acceptors (Lipinski definition) is 4. The van der Waals surface area contributed by atoms with Crippen LogP contribution in [0.15, 0.2) is 48.5 Å². The zero-order valence-electron chi connectivity index (χ0n) is 15.6. The number of hydrogen-bond donors (Lipinski definition) is 2. The fourth-order valence-corrected chi connectivity index (χ4v) is 4.08. The summed E-state index contributed by atoms with van der Waals surface area (Å²) < 4.78 is 1.16. The molecule has 0 saturated heterocycles. The van der Waals surface area contributed by atoms with Crippen molar-refractivity contribution in [3.63, 3.8) is 0 Å². The number of Topliss-reactive ketones (excluding diaryl/α,β-unsaturated/α-hetero) is 1. The first-order valence-electron chi connectivity index (χ1n) is 9.10. The van der Waals surface area contributed by atoms with Crippen molar-refractivity contribution in [3.8, 4) is 0 Å². The molecule has 0 aliphatic rings. The Morgan fingerprint density at radius 1 is 1.07 bits per heavy atom. The Balaban J connectivity index is 1.71. The quantitative estimate of drug-likeness (QED) is 0.277. The number of carbonyl (C=O) groups excluding carboxylic acids is 2. The largest absolute Gasteiger partial charge is 0.294 e. The molecule has 3 N–H and O–H groups in total. The molecule has 0 aliphatic heterocycles. The Hall–Kier alpha value is -2.50. The first-order chi connectivity index (χ1) is 13.0. The van der Waals surface area contributed by atoms with E-state index in [0.717, 1.165) is 26.1 Å². The van der Waals surface area contributed by atoms with Crippen LogP contribution >= 0.6 is 11.3 Å². The maximum Gasteiger partial charge on any atom is 0.234 e. The summed E-state index contributed by atoms with van der Waals surface area (Å²) in [7, 11) is 0. The lowest BCUT2D eigenvalue weighted by molar-refractivity contribution is -0.121. The van der Waals surface area contributed by atoms with E-state index < -0.39 is 0 Å². The predicted octanol–water partition coefficient (Wildman–Crippen LogP) is 4.37. The Bertz CT molecular complexity index is 958. The highest BCUT2D eigenvalue weighted by atomic mass is 32.1. The molecule has 5 heteroatoms. The van der Waals surface area contributed by atoms with Crippen LogP contribution in [0, 0.1) is 0 Å². The molecule has 0 unspecified atom stereocenters. The molecule has 2 aromatic carbocycles. The van der Waals surface area contributed by atoms with Gasteiger partial charge in [0.15, 0.2) is 5.78 Å². The van der Waals surface area contributed by atoms with E-state index in [9.17, 15) is 9.59 Å². The zero-order chi connectivity index (χ0) is 19.4.